The number of benzene rings is 2. The summed E-state index contributed by atoms with van der Waals surface area (Å²) in [4.78, 5) is 16.5. The highest BCUT2D eigenvalue weighted by atomic mass is 16.1. The van der Waals surface area contributed by atoms with Crippen molar-refractivity contribution in [2.45, 2.75) is 13.8 Å². The van der Waals surface area contributed by atoms with Gasteiger partial charge >= 0.3 is 0 Å². The van der Waals surface area contributed by atoms with E-state index in [9.17, 15) is 0 Å². The first-order valence-electron chi connectivity index (χ1n) is 7.65. The van der Waals surface area contributed by atoms with E-state index in [0.717, 1.165) is 11.0 Å². The Bertz CT molecular complexity index is 847. The molecule has 4 rings (SSSR count). The molecule has 120 valence electrons. The molecule has 0 amide bonds. The molecule has 0 atom stereocenters. The predicted molar refractivity (Wildman–Crippen MR) is 100 cm³/mol. The van der Waals surface area contributed by atoms with E-state index in [4.69, 9.17) is 4.79 Å². The van der Waals surface area contributed by atoms with Crippen molar-refractivity contribution in [1.82, 2.24) is 9.97 Å². The van der Waals surface area contributed by atoms with Crippen LogP contribution in [0.2, 0.25) is 0 Å². The van der Waals surface area contributed by atoms with Crippen molar-refractivity contribution in [2.75, 3.05) is 0 Å². The van der Waals surface area contributed by atoms with E-state index in [1.807, 2.05) is 67.7 Å². The van der Waals surface area contributed by atoms with Crippen LogP contribution in [0.1, 0.15) is 11.1 Å². The first kappa shape index (κ1) is 17.3. The molecule has 2 heterocycles. The maximum Gasteiger partial charge on any atom is 0.106 e. The van der Waals surface area contributed by atoms with Gasteiger partial charge in [-0.15, -0.1) is 0 Å². The zero-order valence-electron chi connectivity index (χ0n) is 13.9. The van der Waals surface area contributed by atoms with Crippen LogP contribution in [-0.4, -0.2) is 16.8 Å². The number of carbonyl (C=O) groups is 1. The highest BCUT2D eigenvalue weighted by Crippen LogP contribution is 2.14. The second-order valence-electron chi connectivity index (χ2n) is 5.29. The van der Waals surface area contributed by atoms with Crippen LogP contribution in [0.4, 0.5) is 0 Å². The third kappa shape index (κ3) is 4.02. The molecule has 4 aromatic rings. The molecule has 0 saturated carbocycles. The lowest BCUT2D eigenvalue weighted by molar-refractivity contribution is -0.0979. The number of hydrogen-bond acceptors (Lipinski definition) is 3. The van der Waals surface area contributed by atoms with Crippen LogP contribution >= 0.6 is 0 Å². The number of hydrogen-bond donors (Lipinski definition) is 0. The molecule has 24 heavy (non-hydrogen) atoms. The second-order valence-corrected chi connectivity index (χ2v) is 5.29. The molecule has 0 aliphatic carbocycles. The number of para-hydroxylation sites is 2. The van der Waals surface area contributed by atoms with E-state index in [1.165, 1.54) is 21.9 Å². The summed E-state index contributed by atoms with van der Waals surface area (Å²) in [7, 11) is 0. The lowest BCUT2D eigenvalue weighted by Gasteiger charge is -1.97. The normalized spacial score (nSPS) is 9.58. The Balaban J connectivity index is 0.000000158. The molecule has 0 N–H and O–H groups in total. The molecule has 0 bridgehead atoms. The van der Waals surface area contributed by atoms with Gasteiger partial charge in [0, 0.05) is 23.2 Å². The Kier molecular flexibility index (Phi) is 6.15. The number of nitrogens with zero attached hydrogens (tertiary/aromatic N) is 2. The molecular weight excluding hydrogens is 296 g/mol. The second kappa shape index (κ2) is 8.53. The Morgan fingerprint density at radius 1 is 0.625 bits per heavy atom. The summed E-state index contributed by atoms with van der Waals surface area (Å²) in [5.41, 5.74) is 4.73. The van der Waals surface area contributed by atoms with Crippen LogP contribution in [-0.2, 0) is 4.79 Å². The number of aryl methyl sites for hydroxylation is 2. The van der Waals surface area contributed by atoms with E-state index < -0.39 is 0 Å². The molecule has 3 heteroatoms. The number of fused-ring (bicyclic) bond motifs is 2. The zero-order valence-corrected chi connectivity index (χ0v) is 13.9. The SMILES string of the molecule is C=O.Cc1ccnc2ccccc12.Cc1ccnc2ccccc12. The third-order valence-electron chi connectivity index (χ3n) is 3.73. The molecular formula is C21H20N2O. The summed E-state index contributed by atoms with van der Waals surface area (Å²) < 4.78 is 0. The maximum atomic E-state index is 8.00. The summed E-state index contributed by atoms with van der Waals surface area (Å²) >= 11 is 0. The van der Waals surface area contributed by atoms with E-state index in [0.29, 0.717) is 0 Å². The highest BCUT2D eigenvalue weighted by molar-refractivity contribution is 5.82. The van der Waals surface area contributed by atoms with Gasteiger partial charge in [-0.1, -0.05) is 36.4 Å². The van der Waals surface area contributed by atoms with Crippen LogP contribution < -0.4 is 0 Å². The third-order valence-corrected chi connectivity index (χ3v) is 3.73. The summed E-state index contributed by atoms with van der Waals surface area (Å²) in [5.74, 6) is 0. The minimum atomic E-state index is 1.08. The van der Waals surface area contributed by atoms with Gasteiger partial charge in [-0.3, -0.25) is 9.97 Å². The lowest BCUT2D eigenvalue weighted by atomic mass is 10.1. The smallest absolute Gasteiger partial charge is 0.106 e. The monoisotopic (exact) mass is 316 g/mol. The minimum Gasteiger partial charge on any atom is -0.307 e. The number of rotatable bonds is 0. The summed E-state index contributed by atoms with van der Waals surface area (Å²) in [6.45, 7) is 6.20. The van der Waals surface area contributed by atoms with Crippen LogP contribution in [0.25, 0.3) is 21.8 Å². The molecule has 0 fully saturated rings. The molecule has 2 aromatic heterocycles. The fraction of sp³-hybridized carbons (Fsp3) is 0.0952. The van der Waals surface area contributed by atoms with Gasteiger partial charge in [0.15, 0.2) is 0 Å². The molecule has 0 aliphatic rings. The fourth-order valence-electron chi connectivity index (χ4n) is 2.48. The van der Waals surface area contributed by atoms with Gasteiger partial charge in [-0.2, -0.15) is 0 Å². The Labute approximate surface area is 142 Å². The Morgan fingerprint density at radius 2 is 1.00 bits per heavy atom. The standard InChI is InChI=1S/2C10H9N.CH2O/c2*1-8-6-7-11-10-5-3-2-4-9(8)10;1-2/h2*2-7H,1H3;1H2. The van der Waals surface area contributed by atoms with Crippen LogP contribution in [0, 0.1) is 13.8 Å². The zero-order chi connectivity index (χ0) is 17.4. The molecule has 0 spiro atoms. The predicted octanol–water partition coefficient (Wildman–Crippen LogP) is 4.90. The first-order valence-corrected chi connectivity index (χ1v) is 7.65. The topological polar surface area (TPSA) is 42.9 Å². The van der Waals surface area contributed by atoms with Crippen molar-refractivity contribution in [2.24, 2.45) is 0 Å². The van der Waals surface area contributed by atoms with E-state index >= 15 is 0 Å². The Hall–Kier alpha value is -3.07. The minimum absolute atomic E-state index is 1.08. The molecule has 0 unspecified atom stereocenters. The van der Waals surface area contributed by atoms with Crippen molar-refractivity contribution in [3.63, 3.8) is 0 Å². The van der Waals surface area contributed by atoms with E-state index in [2.05, 4.69) is 35.9 Å². The van der Waals surface area contributed by atoms with Crippen molar-refractivity contribution in [3.8, 4) is 0 Å². The van der Waals surface area contributed by atoms with Gasteiger partial charge in [0.05, 0.1) is 11.0 Å². The van der Waals surface area contributed by atoms with Crippen LogP contribution in [0.3, 0.4) is 0 Å². The lowest BCUT2D eigenvalue weighted by Crippen LogP contribution is -1.79. The average Bonchev–Trinajstić information content (AvgIpc) is 2.65. The maximum absolute atomic E-state index is 8.00. The van der Waals surface area contributed by atoms with Crippen molar-refractivity contribution < 1.29 is 4.79 Å². The van der Waals surface area contributed by atoms with Gasteiger partial charge < -0.3 is 4.79 Å². The molecule has 2 aromatic carbocycles. The van der Waals surface area contributed by atoms with Crippen molar-refractivity contribution in [3.05, 3.63) is 84.2 Å². The van der Waals surface area contributed by atoms with Gasteiger partial charge in [-0.05, 0) is 49.2 Å². The molecule has 3 nitrogen and oxygen atoms in total. The largest absolute Gasteiger partial charge is 0.307 e. The van der Waals surface area contributed by atoms with E-state index in [-0.39, 0.29) is 0 Å². The highest BCUT2D eigenvalue weighted by Gasteiger charge is 1.94. The van der Waals surface area contributed by atoms with Crippen molar-refractivity contribution in [1.29, 1.82) is 0 Å². The van der Waals surface area contributed by atoms with Crippen LogP contribution in [0.5, 0.6) is 0 Å². The first-order chi connectivity index (χ1) is 11.8. The van der Waals surface area contributed by atoms with Gasteiger partial charge in [0.1, 0.15) is 6.79 Å². The average molecular weight is 316 g/mol. The molecule has 0 aliphatic heterocycles. The number of aromatic nitrogens is 2. The summed E-state index contributed by atoms with van der Waals surface area (Å²) in [6, 6.07) is 20.4. The van der Waals surface area contributed by atoms with E-state index in [1.54, 1.807) is 0 Å². The number of pyridine rings is 2. The number of carbonyl (C=O) groups excluding carboxylic acids is 1. The quantitative estimate of drug-likeness (QED) is 0.463. The molecule has 0 saturated heterocycles. The van der Waals surface area contributed by atoms with Gasteiger partial charge in [0.25, 0.3) is 0 Å². The summed E-state index contributed by atoms with van der Waals surface area (Å²) in [6.07, 6.45) is 3.69. The van der Waals surface area contributed by atoms with Gasteiger partial charge in [-0.25, -0.2) is 0 Å². The Morgan fingerprint density at radius 3 is 1.38 bits per heavy atom. The van der Waals surface area contributed by atoms with Gasteiger partial charge in [0.2, 0.25) is 0 Å². The van der Waals surface area contributed by atoms with Crippen LogP contribution in [0.15, 0.2) is 73.1 Å². The van der Waals surface area contributed by atoms with Crippen molar-refractivity contribution >= 4 is 28.6 Å². The summed E-state index contributed by atoms with van der Waals surface area (Å²) in [5, 5.41) is 2.49. The molecule has 0 radical (unpaired) electrons. The fourth-order valence-corrected chi connectivity index (χ4v) is 2.48.